The molecule has 0 bridgehead atoms. The van der Waals surface area contributed by atoms with Gasteiger partial charge < -0.3 is 25.2 Å². The fraction of sp³-hybridized carbons (Fsp3) is 0.667. The van der Waals surface area contributed by atoms with Crippen LogP contribution < -0.4 is 10.6 Å². The van der Waals surface area contributed by atoms with Crippen molar-refractivity contribution in [2.45, 2.75) is 45.2 Å². The monoisotopic (exact) mass is 358 g/mol. The summed E-state index contributed by atoms with van der Waals surface area (Å²) in [4.78, 5) is 58.6. The predicted molar refractivity (Wildman–Crippen MR) is 82.1 cm³/mol. The quantitative estimate of drug-likeness (QED) is 0.443. The zero-order valence-electron chi connectivity index (χ0n) is 14.1. The molecule has 25 heavy (non-hydrogen) atoms. The van der Waals surface area contributed by atoms with Crippen LogP contribution in [0.2, 0.25) is 0 Å². The molecule has 1 saturated heterocycles. The van der Waals surface area contributed by atoms with E-state index in [4.69, 9.17) is 9.47 Å². The van der Waals surface area contributed by atoms with Gasteiger partial charge in [-0.2, -0.15) is 0 Å². The minimum atomic E-state index is -1.69. The van der Waals surface area contributed by atoms with Crippen molar-refractivity contribution in [2.75, 3.05) is 13.2 Å². The number of carboxylic acids is 1. The number of esters is 2. The molecule has 1 aliphatic rings. The van der Waals surface area contributed by atoms with Crippen molar-refractivity contribution in [3.8, 4) is 0 Å². The number of rotatable bonds is 9. The molecular weight excluding hydrogens is 336 g/mol. The fourth-order valence-corrected chi connectivity index (χ4v) is 2.39. The van der Waals surface area contributed by atoms with Gasteiger partial charge in [0, 0.05) is 6.42 Å². The van der Waals surface area contributed by atoms with Crippen LogP contribution in [0.15, 0.2) is 0 Å². The lowest BCUT2D eigenvalue weighted by atomic mass is 9.95. The van der Waals surface area contributed by atoms with E-state index in [1.54, 1.807) is 6.92 Å². The molecule has 0 spiro atoms. The Kier molecular flexibility index (Phi) is 7.83. The Morgan fingerprint density at radius 2 is 1.88 bits per heavy atom. The summed E-state index contributed by atoms with van der Waals surface area (Å²) in [5.41, 5.74) is 0. The lowest BCUT2D eigenvalue weighted by Gasteiger charge is -2.24. The summed E-state index contributed by atoms with van der Waals surface area (Å²) in [5, 5.41) is 14.0. The maximum atomic E-state index is 12.1. The van der Waals surface area contributed by atoms with Crippen molar-refractivity contribution in [1.29, 1.82) is 0 Å². The molecule has 10 nitrogen and oxygen atoms in total. The second kappa shape index (κ2) is 9.60. The number of amides is 2. The number of nitrogens with one attached hydrogen (secondary N) is 2. The summed E-state index contributed by atoms with van der Waals surface area (Å²) in [5.74, 6) is -5.72. The van der Waals surface area contributed by atoms with Crippen molar-refractivity contribution >= 4 is 29.7 Å². The molecule has 0 aromatic carbocycles. The van der Waals surface area contributed by atoms with E-state index in [0.29, 0.717) is 0 Å². The topological polar surface area (TPSA) is 148 Å². The van der Waals surface area contributed by atoms with Crippen LogP contribution in [0.4, 0.5) is 0 Å². The number of carboxylic acid groups (broad SMARTS) is 1. The lowest BCUT2D eigenvalue weighted by molar-refractivity contribution is -0.160. The smallest absolute Gasteiger partial charge is 0.327 e. The summed E-state index contributed by atoms with van der Waals surface area (Å²) in [6.07, 6.45) is -0.181. The fourth-order valence-electron chi connectivity index (χ4n) is 2.39. The molecular formula is C15H22N2O8. The van der Waals surface area contributed by atoms with Crippen molar-refractivity contribution in [3.63, 3.8) is 0 Å². The van der Waals surface area contributed by atoms with Gasteiger partial charge in [-0.05, 0) is 20.3 Å². The highest BCUT2D eigenvalue weighted by Crippen LogP contribution is 2.15. The Balaban J connectivity index is 2.91. The van der Waals surface area contributed by atoms with Gasteiger partial charge >= 0.3 is 17.9 Å². The Labute approximate surface area is 144 Å². The molecule has 1 heterocycles. The normalized spacial score (nSPS) is 18.6. The average Bonchev–Trinajstić information content (AvgIpc) is 2.97. The van der Waals surface area contributed by atoms with E-state index in [1.165, 1.54) is 6.92 Å². The Bertz CT molecular complexity index is 548. The molecule has 1 rings (SSSR count). The molecule has 3 N–H and O–H groups in total. The molecule has 0 radical (unpaired) electrons. The van der Waals surface area contributed by atoms with Gasteiger partial charge in [0.05, 0.1) is 25.6 Å². The number of carbonyl (C=O) groups excluding carboxylic acids is 4. The van der Waals surface area contributed by atoms with Gasteiger partial charge in [-0.3, -0.25) is 19.2 Å². The van der Waals surface area contributed by atoms with Crippen LogP contribution in [0.1, 0.15) is 33.1 Å². The predicted octanol–water partition coefficient (Wildman–Crippen LogP) is -1.03. The van der Waals surface area contributed by atoms with Crippen LogP contribution in [0.5, 0.6) is 0 Å². The molecule has 10 heteroatoms. The maximum Gasteiger partial charge on any atom is 0.327 e. The molecule has 3 atom stereocenters. The van der Waals surface area contributed by atoms with E-state index in [9.17, 15) is 29.1 Å². The minimum absolute atomic E-state index is 0.0167. The third-order valence-electron chi connectivity index (χ3n) is 3.56. The van der Waals surface area contributed by atoms with Crippen LogP contribution in [0.3, 0.4) is 0 Å². The summed E-state index contributed by atoms with van der Waals surface area (Å²) in [6, 6.07) is -2.56. The first-order valence-electron chi connectivity index (χ1n) is 7.94. The average molecular weight is 358 g/mol. The van der Waals surface area contributed by atoms with Crippen molar-refractivity contribution in [2.24, 2.45) is 5.92 Å². The molecule has 140 valence electrons. The third kappa shape index (κ3) is 6.05. The number of aliphatic carboxylic acids is 1. The van der Waals surface area contributed by atoms with Crippen molar-refractivity contribution in [1.82, 2.24) is 10.6 Å². The van der Waals surface area contributed by atoms with E-state index in [0.717, 1.165) is 0 Å². The molecule has 0 unspecified atom stereocenters. The van der Waals surface area contributed by atoms with E-state index in [1.807, 2.05) is 0 Å². The summed E-state index contributed by atoms with van der Waals surface area (Å²) in [7, 11) is 0. The van der Waals surface area contributed by atoms with Crippen LogP contribution in [-0.4, -0.2) is 60.1 Å². The summed E-state index contributed by atoms with van der Waals surface area (Å²) in [6.45, 7) is 3.14. The SMILES string of the molecule is CCOC(=O)C[C@@H](C(=O)OCC)[C@@H](NC(=O)[C@H]1CCC(=O)N1)C(=O)O. The van der Waals surface area contributed by atoms with E-state index < -0.39 is 48.2 Å². The van der Waals surface area contributed by atoms with Gasteiger partial charge in [0.1, 0.15) is 12.1 Å². The first kappa shape index (κ1) is 20.4. The van der Waals surface area contributed by atoms with E-state index in [2.05, 4.69) is 10.6 Å². The van der Waals surface area contributed by atoms with Crippen molar-refractivity contribution < 1.29 is 38.6 Å². The standard InChI is InChI=1S/C15H22N2O8/c1-3-24-11(19)7-8(15(23)25-4-2)12(14(21)22)17-13(20)9-5-6-10(18)16-9/h8-9,12H,3-7H2,1-2H3,(H,16,18)(H,17,20)(H,21,22)/t8-,9-,12-/m1/s1. The van der Waals surface area contributed by atoms with Gasteiger partial charge in [0.25, 0.3) is 0 Å². The first-order valence-corrected chi connectivity index (χ1v) is 7.94. The van der Waals surface area contributed by atoms with Gasteiger partial charge in [-0.15, -0.1) is 0 Å². The lowest BCUT2D eigenvalue weighted by Crippen LogP contribution is -2.54. The highest BCUT2D eigenvalue weighted by molar-refractivity contribution is 5.95. The number of carbonyl (C=O) groups is 5. The highest BCUT2D eigenvalue weighted by atomic mass is 16.5. The molecule has 0 aromatic heterocycles. The minimum Gasteiger partial charge on any atom is -0.480 e. The molecule has 2 amide bonds. The van der Waals surface area contributed by atoms with Gasteiger partial charge in [0.15, 0.2) is 0 Å². The van der Waals surface area contributed by atoms with Gasteiger partial charge in [0.2, 0.25) is 11.8 Å². The van der Waals surface area contributed by atoms with E-state index in [-0.39, 0.29) is 32.0 Å². The van der Waals surface area contributed by atoms with Crippen molar-refractivity contribution in [3.05, 3.63) is 0 Å². The third-order valence-corrected chi connectivity index (χ3v) is 3.56. The zero-order valence-corrected chi connectivity index (χ0v) is 14.1. The molecule has 0 aliphatic carbocycles. The zero-order chi connectivity index (χ0) is 19.0. The van der Waals surface area contributed by atoms with Gasteiger partial charge in [-0.25, -0.2) is 4.79 Å². The summed E-state index contributed by atoms with van der Waals surface area (Å²) >= 11 is 0. The Morgan fingerprint density at radius 3 is 2.36 bits per heavy atom. The molecule has 1 fully saturated rings. The second-order valence-corrected chi connectivity index (χ2v) is 5.35. The van der Waals surface area contributed by atoms with Crippen LogP contribution in [-0.2, 0) is 33.4 Å². The first-order chi connectivity index (χ1) is 11.8. The number of ether oxygens (including phenoxy) is 2. The van der Waals surface area contributed by atoms with Crippen LogP contribution >= 0.6 is 0 Å². The maximum absolute atomic E-state index is 12.1. The van der Waals surface area contributed by atoms with E-state index >= 15 is 0 Å². The molecule has 0 saturated carbocycles. The highest BCUT2D eigenvalue weighted by Gasteiger charge is 2.40. The van der Waals surface area contributed by atoms with Gasteiger partial charge in [-0.1, -0.05) is 0 Å². The second-order valence-electron chi connectivity index (χ2n) is 5.35. The Hall–Kier alpha value is -2.65. The Morgan fingerprint density at radius 1 is 1.24 bits per heavy atom. The number of hydrogen-bond acceptors (Lipinski definition) is 7. The number of hydrogen-bond donors (Lipinski definition) is 3. The molecule has 0 aromatic rings. The molecule has 1 aliphatic heterocycles. The van der Waals surface area contributed by atoms with Crippen LogP contribution in [0.25, 0.3) is 0 Å². The summed E-state index contributed by atoms with van der Waals surface area (Å²) < 4.78 is 9.55. The largest absolute Gasteiger partial charge is 0.480 e. The van der Waals surface area contributed by atoms with Crippen LogP contribution in [0, 0.1) is 5.92 Å².